The van der Waals surface area contributed by atoms with Crippen LogP contribution in [0.15, 0.2) is 48.5 Å². The normalized spacial score (nSPS) is 16.4. The van der Waals surface area contributed by atoms with Crippen LogP contribution in [-0.2, 0) is 11.3 Å². The van der Waals surface area contributed by atoms with Crippen LogP contribution in [0.5, 0.6) is 5.75 Å². The summed E-state index contributed by atoms with van der Waals surface area (Å²) in [6.07, 6.45) is 6.69. The van der Waals surface area contributed by atoms with Gasteiger partial charge in [0.15, 0.2) is 0 Å². The van der Waals surface area contributed by atoms with Gasteiger partial charge in [0, 0.05) is 25.4 Å². The zero-order valence-electron chi connectivity index (χ0n) is 18.7. The molecule has 0 bridgehead atoms. The number of unbranched alkanes of at least 4 members (excludes halogenated alkanes) is 4. The number of imidazole rings is 1. The molecule has 2 aromatic carbocycles. The zero-order valence-corrected chi connectivity index (χ0v) is 18.7. The maximum atomic E-state index is 13.0. The second kappa shape index (κ2) is 9.99. The van der Waals surface area contributed by atoms with Gasteiger partial charge < -0.3 is 14.2 Å². The van der Waals surface area contributed by atoms with E-state index in [-0.39, 0.29) is 11.8 Å². The number of aromatic nitrogens is 2. The minimum Gasteiger partial charge on any atom is -0.492 e. The Bertz CT molecular complexity index is 1030. The minimum absolute atomic E-state index is 0.0882. The van der Waals surface area contributed by atoms with Gasteiger partial charge >= 0.3 is 0 Å². The summed E-state index contributed by atoms with van der Waals surface area (Å²) in [6, 6.07) is 16.2. The number of aryl methyl sites for hydroxylation is 1. The third kappa shape index (κ3) is 4.60. The van der Waals surface area contributed by atoms with E-state index < -0.39 is 0 Å². The Balaban J connectivity index is 1.59. The highest BCUT2D eigenvalue weighted by Gasteiger charge is 2.35. The lowest BCUT2D eigenvalue weighted by Crippen LogP contribution is -2.25. The number of carbonyl (C=O) groups excluding carboxylic acids is 1. The van der Waals surface area contributed by atoms with Crippen LogP contribution < -0.4 is 9.64 Å². The molecule has 0 spiro atoms. The minimum atomic E-state index is 0.0882. The van der Waals surface area contributed by atoms with Crippen LogP contribution in [-0.4, -0.2) is 28.6 Å². The first kappa shape index (κ1) is 21.4. The maximum absolute atomic E-state index is 13.0. The van der Waals surface area contributed by atoms with Gasteiger partial charge in [0.25, 0.3) is 0 Å². The SMILES string of the molecule is CCCCCCCn1c(C2CC(=O)N(c3ccccc3OCC)C2)nc2ccccc21. The Kier molecular flexibility index (Phi) is 6.90. The average molecular weight is 420 g/mol. The number of benzene rings is 2. The lowest BCUT2D eigenvalue weighted by Gasteiger charge is -2.20. The number of carbonyl (C=O) groups is 1. The molecule has 0 N–H and O–H groups in total. The molecule has 0 radical (unpaired) electrons. The number of nitrogens with zero attached hydrogens (tertiary/aromatic N) is 3. The van der Waals surface area contributed by atoms with Crippen molar-refractivity contribution >= 4 is 22.6 Å². The molecule has 1 saturated heterocycles. The molecular formula is C26H33N3O2. The Hall–Kier alpha value is -2.82. The number of para-hydroxylation sites is 4. The number of fused-ring (bicyclic) bond motifs is 1. The molecule has 164 valence electrons. The van der Waals surface area contributed by atoms with Gasteiger partial charge in [0.2, 0.25) is 5.91 Å². The number of hydrogen-bond donors (Lipinski definition) is 0. The Labute approximate surface area is 185 Å². The first-order chi connectivity index (χ1) is 15.2. The molecule has 5 heteroatoms. The smallest absolute Gasteiger partial charge is 0.227 e. The third-order valence-electron chi connectivity index (χ3n) is 6.12. The van der Waals surface area contributed by atoms with E-state index in [9.17, 15) is 4.79 Å². The average Bonchev–Trinajstić information content (AvgIpc) is 3.35. The van der Waals surface area contributed by atoms with E-state index in [1.165, 1.54) is 31.2 Å². The van der Waals surface area contributed by atoms with Crippen molar-refractivity contribution in [2.75, 3.05) is 18.1 Å². The van der Waals surface area contributed by atoms with Gasteiger partial charge in [-0.15, -0.1) is 0 Å². The van der Waals surface area contributed by atoms with Gasteiger partial charge in [0.05, 0.1) is 23.3 Å². The monoisotopic (exact) mass is 419 g/mol. The molecule has 4 rings (SSSR count). The summed E-state index contributed by atoms with van der Waals surface area (Å²) in [4.78, 5) is 19.9. The highest BCUT2D eigenvalue weighted by Crippen LogP contribution is 2.37. The Morgan fingerprint density at radius 2 is 1.77 bits per heavy atom. The Morgan fingerprint density at radius 3 is 2.61 bits per heavy atom. The molecule has 0 saturated carbocycles. The number of ether oxygens (including phenoxy) is 1. The van der Waals surface area contributed by atoms with Crippen molar-refractivity contribution in [3.05, 3.63) is 54.4 Å². The lowest BCUT2D eigenvalue weighted by molar-refractivity contribution is -0.117. The van der Waals surface area contributed by atoms with Crippen LogP contribution in [0.25, 0.3) is 11.0 Å². The number of amides is 1. The quantitative estimate of drug-likeness (QED) is 0.383. The number of hydrogen-bond acceptors (Lipinski definition) is 3. The topological polar surface area (TPSA) is 47.4 Å². The van der Waals surface area contributed by atoms with Crippen LogP contribution in [0.1, 0.15) is 64.1 Å². The molecule has 1 unspecified atom stereocenters. The first-order valence-corrected chi connectivity index (χ1v) is 11.7. The molecule has 1 aliphatic rings. The summed E-state index contributed by atoms with van der Waals surface area (Å²) < 4.78 is 8.14. The van der Waals surface area contributed by atoms with Gasteiger partial charge in [-0.05, 0) is 37.6 Å². The highest BCUT2D eigenvalue weighted by atomic mass is 16.5. The molecule has 1 aromatic heterocycles. The lowest BCUT2D eigenvalue weighted by atomic mass is 10.1. The van der Waals surface area contributed by atoms with Gasteiger partial charge in [-0.25, -0.2) is 4.98 Å². The van der Waals surface area contributed by atoms with Crippen molar-refractivity contribution in [2.45, 2.75) is 64.8 Å². The molecule has 5 nitrogen and oxygen atoms in total. The molecular weight excluding hydrogens is 386 g/mol. The van der Waals surface area contributed by atoms with E-state index in [4.69, 9.17) is 9.72 Å². The van der Waals surface area contributed by atoms with Gasteiger partial charge in [-0.2, -0.15) is 0 Å². The molecule has 1 fully saturated rings. The van der Waals surface area contributed by atoms with E-state index in [0.29, 0.717) is 19.6 Å². The molecule has 0 aliphatic carbocycles. The van der Waals surface area contributed by atoms with Gasteiger partial charge in [-0.3, -0.25) is 4.79 Å². The van der Waals surface area contributed by atoms with Crippen molar-refractivity contribution in [2.24, 2.45) is 0 Å². The first-order valence-electron chi connectivity index (χ1n) is 11.7. The van der Waals surface area contributed by atoms with Crippen LogP contribution >= 0.6 is 0 Å². The fraction of sp³-hybridized carbons (Fsp3) is 0.462. The van der Waals surface area contributed by atoms with Gasteiger partial charge in [-0.1, -0.05) is 56.9 Å². The summed E-state index contributed by atoms with van der Waals surface area (Å²) in [5.41, 5.74) is 3.05. The maximum Gasteiger partial charge on any atom is 0.227 e. The fourth-order valence-corrected chi connectivity index (χ4v) is 4.59. The summed E-state index contributed by atoms with van der Waals surface area (Å²) in [5, 5.41) is 0. The van der Waals surface area contributed by atoms with Crippen molar-refractivity contribution in [3.8, 4) is 5.75 Å². The standard InChI is InChI=1S/C26H33N3O2/c1-3-5-6-7-12-17-28-22-14-9-8-13-21(22)27-26(28)20-18-25(30)29(19-20)23-15-10-11-16-24(23)31-4-2/h8-11,13-16,20H,3-7,12,17-19H2,1-2H3. The van der Waals surface area contributed by atoms with Gasteiger partial charge in [0.1, 0.15) is 11.6 Å². The molecule has 31 heavy (non-hydrogen) atoms. The summed E-state index contributed by atoms with van der Waals surface area (Å²) in [7, 11) is 0. The number of rotatable bonds is 10. The van der Waals surface area contributed by atoms with Crippen molar-refractivity contribution in [1.82, 2.24) is 9.55 Å². The summed E-state index contributed by atoms with van der Waals surface area (Å²) >= 11 is 0. The van der Waals surface area contributed by atoms with E-state index in [2.05, 4.69) is 29.7 Å². The molecule has 1 atom stereocenters. The predicted octanol–water partition coefficient (Wildman–Crippen LogP) is 5.93. The van der Waals surface area contributed by atoms with Crippen molar-refractivity contribution in [1.29, 1.82) is 0 Å². The van der Waals surface area contributed by atoms with Crippen LogP contribution in [0.2, 0.25) is 0 Å². The van der Waals surface area contributed by atoms with E-state index >= 15 is 0 Å². The second-order valence-electron chi connectivity index (χ2n) is 8.33. The van der Waals surface area contributed by atoms with Crippen LogP contribution in [0, 0.1) is 0 Å². The zero-order chi connectivity index (χ0) is 21.6. The Morgan fingerprint density at radius 1 is 1.00 bits per heavy atom. The van der Waals surface area contributed by atoms with Crippen LogP contribution in [0.3, 0.4) is 0 Å². The summed E-state index contributed by atoms with van der Waals surface area (Å²) in [5.74, 6) is 2.04. The molecule has 1 aliphatic heterocycles. The largest absolute Gasteiger partial charge is 0.492 e. The third-order valence-corrected chi connectivity index (χ3v) is 6.12. The fourth-order valence-electron chi connectivity index (χ4n) is 4.59. The highest BCUT2D eigenvalue weighted by molar-refractivity contribution is 5.97. The van der Waals surface area contributed by atoms with Crippen molar-refractivity contribution in [3.63, 3.8) is 0 Å². The summed E-state index contributed by atoms with van der Waals surface area (Å²) in [6.45, 7) is 6.39. The predicted molar refractivity (Wildman–Crippen MR) is 126 cm³/mol. The van der Waals surface area contributed by atoms with E-state index in [0.717, 1.165) is 35.7 Å². The molecule has 2 heterocycles. The second-order valence-corrected chi connectivity index (χ2v) is 8.33. The van der Waals surface area contributed by atoms with E-state index in [1.54, 1.807) is 0 Å². The molecule has 3 aromatic rings. The molecule has 1 amide bonds. The van der Waals surface area contributed by atoms with Crippen LogP contribution in [0.4, 0.5) is 5.69 Å². The van der Waals surface area contributed by atoms with Crippen molar-refractivity contribution < 1.29 is 9.53 Å². The number of anilines is 1. The van der Waals surface area contributed by atoms with E-state index in [1.807, 2.05) is 42.2 Å².